The van der Waals surface area contributed by atoms with Crippen LogP contribution in [0.2, 0.25) is 0 Å². The molecule has 0 radical (unpaired) electrons. The maximum atomic E-state index is 12.2. The summed E-state index contributed by atoms with van der Waals surface area (Å²) in [5.74, 6) is 0.787. The first-order valence-electron chi connectivity index (χ1n) is 7.70. The van der Waals surface area contributed by atoms with E-state index in [0.717, 1.165) is 0 Å². The second kappa shape index (κ2) is 8.11. The molecule has 0 bridgehead atoms. The molecule has 3 aromatic carbocycles. The van der Waals surface area contributed by atoms with Gasteiger partial charge in [0, 0.05) is 0 Å². The number of halogens is 2. The first-order valence-corrected chi connectivity index (χ1v) is 7.70. The first-order chi connectivity index (χ1) is 12.6. The Balaban J connectivity index is 1.64. The Kier molecular flexibility index (Phi) is 5.43. The van der Waals surface area contributed by atoms with Gasteiger partial charge in [-0.3, -0.25) is 0 Å². The van der Waals surface area contributed by atoms with Gasteiger partial charge in [0.2, 0.25) is 0 Å². The van der Waals surface area contributed by atoms with Crippen molar-refractivity contribution in [2.75, 3.05) is 0 Å². The fourth-order valence-corrected chi connectivity index (χ4v) is 2.17. The molecule has 0 aromatic heterocycles. The summed E-state index contributed by atoms with van der Waals surface area (Å²) in [6, 6.07) is 21.1. The van der Waals surface area contributed by atoms with E-state index in [-0.39, 0.29) is 11.3 Å². The molecule has 0 N–H and O–H groups in total. The lowest BCUT2D eigenvalue weighted by molar-refractivity contribution is -0.0499. The van der Waals surface area contributed by atoms with Gasteiger partial charge in [-0.25, -0.2) is 4.79 Å². The molecule has 0 spiro atoms. The molecule has 6 heteroatoms. The number of benzene rings is 3. The quantitative estimate of drug-likeness (QED) is 0.444. The van der Waals surface area contributed by atoms with Crippen molar-refractivity contribution in [3.8, 4) is 23.0 Å². The summed E-state index contributed by atoms with van der Waals surface area (Å²) in [5, 5.41) is 0. The second-order valence-electron chi connectivity index (χ2n) is 5.18. The molecule has 26 heavy (non-hydrogen) atoms. The highest BCUT2D eigenvalue weighted by molar-refractivity contribution is 5.91. The number of alkyl halides is 2. The number of hydrogen-bond donors (Lipinski definition) is 0. The first kappa shape index (κ1) is 17.4. The molecule has 0 heterocycles. The molecule has 3 rings (SSSR count). The normalized spacial score (nSPS) is 10.4. The zero-order valence-corrected chi connectivity index (χ0v) is 13.5. The van der Waals surface area contributed by atoms with Crippen molar-refractivity contribution in [1.29, 1.82) is 0 Å². The van der Waals surface area contributed by atoms with Crippen molar-refractivity contribution in [3.63, 3.8) is 0 Å². The number of hydrogen-bond acceptors (Lipinski definition) is 4. The molecule has 132 valence electrons. The van der Waals surface area contributed by atoms with Gasteiger partial charge in [-0.05, 0) is 54.6 Å². The largest absolute Gasteiger partial charge is 0.457 e. The zero-order valence-electron chi connectivity index (χ0n) is 13.5. The number of carbonyl (C=O) groups is 1. The minimum absolute atomic E-state index is 0.104. The molecule has 0 fully saturated rings. The van der Waals surface area contributed by atoms with Gasteiger partial charge in [0.25, 0.3) is 0 Å². The van der Waals surface area contributed by atoms with E-state index in [9.17, 15) is 13.6 Å². The van der Waals surface area contributed by atoms with Crippen LogP contribution in [0, 0.1) is 0 Å². The average Bonchev–Trinajstić information content (AvgIpc) is 2.64. The van der Waals surface area contributed by atoms with Gasteiger partial charge >= 0.3 is 12.6 Å². The fraction of sp³-hybridized carbons (Fsp3) is 0.0500. The minimum atomic E-state index is -2.96. The molecule has 3 aromatic rings. The molecule has 0 aliphatic heterocycles. The van der Waals surface area contributed by atoms with E-state index < -0.39 is 12.6 Å². The standard InChI is InChI=1S/C20H14F2O4/c21-20(22)26-18-8-4-5-14(13-18)19(23)25-17-11-9-16(10-12-17)24-15-6-2-1-3-7-15/h1-13,20H. The number of esters is 1. The summed E-state index contributed by atoms with van der Waals surface area (Å²) < 4.78 is 39.6. The van der Waals surface area contributed by atoms with Crippen molar-refractivity contribution >= 4 is 5.97 Å². The van der Waals surface area contributed by atoms with Crippen LogP contribution in [0.5, 0.6) is 23.0 Å². The third kappa shape index (κ3) is 4.80. The summed E-state index contributed by atoms with van der Waals surface area (Å²) in [4.78, 5) is 12.1. The Morgan fingerprint density at radius 2 is 1.35 bits per heavy atom. The van der Waals surface area contributed by atoms with Crippen molar-refractivity contribution in [3.05, 3.63) is 84.4 Å². The van der Waals surface area contributed by atoms with Crippen LogP contribution in [0.25, 0.3) is 0 Å². The van der Waals surface area contributed by atoms with Crippen LogP contribution in [0.4, 0.5) is 8.78 Å². The third-order valence-electron chi connectivity index (χ3n) is 3.31. The van der Waals surface area contributed by atoms with E-state index in [4.69, 9.17) is 9.47 Å². The van der Waals surface area contributed by atoms with E-state index in [1.807, 2.05) is 30.3 Å². The highest BCUT2D eigenvalue weighted by atomic mass is 19.3. The molecule has 4 nitrogen and oxygen atoms in total. The average molecular weight is 356 g/mol. The molecule has 0 saturated heterocycles. The number of carbonyl (C=O) groups excluding carboxylic acids is 1. The van der Waals surface area contributed by atoms with Gasteiger partial charge in [0.15, 0.2) is 0 Å². The van der Waals surface area contributed by atoms with Crippen molar-refractivity contribution in [1.82, 2.24) is 0 Å². The predicted octanol–water partition coefficient (Wildman–Crippen LogP) is 5.30. The van der Waals surface area contributed by atoms with Crippen LogP contribution in [0.15, 0.2) is 78.9 Å². The van der Waals surface area contributed by atoms with Crippen molar-refractivity contribution in [2.45, 2.75) is 6.61 Å². The van der Waals surface area contributed by atoms with Gasteiger partial charge in [-0.1, -0.05) is 24.3 Å². The van der Waals surface area contributed by atoms with Crippen LogP contribution in [0.1, 0.15) is 10.4 Å². The molecule has 0 atom stereocenters. The van der Waals surface area contributed by atoms with Crippen molar-refractivity contribution in [2.24, 2.45) is 0 Å². The molecular formula is C20H14F2O4. The van der Waals surface area contributed by atoms with Gasteiger partial charge in [-0.2, -0.15) is 8.78 Å². The molecule has 0 unspecified atom stereocenters. The van der Waals surface area contributed by atoms with Crippen molar-refractivity contribution < 1.29 is 27.8 Å². The van der Waals surface area contributed by atoms with Gasteiger partial charge in [0.05, 0.1) is 5.56 Å². The highest BCUT2D eigenvalue weighted by Crippen LogP contribution is 2.24. The monoisotopic (exact) mass is 356 g/mol. The summed E-state index contributed by atoms with van der Waals surface area (Å²) >= 11 is 0. The van der Waals surface area contributed by atoms with E-state index in [0.29, 0.717) is 17.2 Å². The summed E-state index contributed by atoms with van der Waals surface area (Å²) in [5.41, 5.74) is 0.104. The topological polar surface area (TPSA) is 44.8 Å². The van der Waals surface area contributed by atoms with Crippen LogP contribution in [-0.2, 0) is 0 Å². The second-order valence-corrected chi connectivity index (χ2v) is 5.18. The number of rotatable bonds is 6. The molecule has 0 saturated carbocycles. The smallest absolute Gasteiger partial charge is 0.387 e. The van der Waals surface area contributed by atoms with Gasteiger partial charge < -0.3 is 14.2 Å². The van der Waals surface area contributed by atoms with Crippen LogP contribution < -0.4 is 14.2 Å². The number of ether oxygens (including phenoxy) is 3. The Hall–Kier alpha value is -3.41. The summed E-state index contributed by atoms with van der Waals surface area (Å²) in [7, 11) is 0. The molecule has 0 aliphatic rings. The van der Waals surface area contributed by atoms with Crippen LogP contribution in [-0.4, -0.2) is 12.6 Å². The fourth-order valence-electron chi connectivity index (χ4n) is 2.17. The minimum Gasteiger partial charge on any atom is -0.457 e. The Morgan fingerprint density at radius 3 is 2.04 bits per heavy atom. The molecular weight excluding hydrogens is 342 g/mol. The maximum absolute atomic E-state index is 12.2. The van der Waals surface area contributed by atoms with Gasteiger partial charge in [-0.15, -0.1) is 0 Å². The molecule has 0 aliphatic carbocycles. The van der Waals surface area contributed by atoms with Crippen LogP contribution in [0.3, 0.4) is 0 Å². The predicted molar refractivity (Wildman–Crippen MR) is 91.0 cm³/mol. The zero-order chi connectivity index (χ0) is 18.4. The lowest BCUT2D eigenvalue weighted by Gasteiger charge is -2.08. The molecule has 0 amide bonds. The van der Waals surface area contributed by atoms with E-state index >= 15 is 0 Å². The summed E-state index contributed by atoms with van der Waals surface area (Å²) in [6.07, 6.45) is 0. The van der Waals surface area contributed by atoms with E-state index in [1.54, 1.807) is 24.3 Å². The summed E-state index contributed by atoms with van der Waals surface area (Å²) in [6.45, 7) is -2.96. The number of para-hydroxylation sites is 1. The lowest BCUT2D eigenvalue weighted by Crippen LogP contribution is -2.09. The Bertz CT molecular complexity index is 864. The van der Waals surface area contributed by atoms with Crippen LogP contribution >= 0.6 is 0 Å². The maximum Gasteiger partial charge on any atom is 0.387 e. The Labute approximate surface area is 148 Å². The van der Waals surface area contributed by atoms with Gasteiger partial charge in [0.1, 0.15) is 23.0 Å². The SMILES string of the molecule is O=C(Oc1ccc(Oc2ccccc2)cc1)c1cccc(OC(F)F)c1. The lowest BCUT2D eigenvalue weighted by atomic mass is 10.2. The van der Waals surface area contributed by atoms with E-state index in [1.165, 1.54) is 24.3 Å². The van der Waals surface area contributed by atoms with E-state index in [2.05, 4.69) is 4.74 Å². The third-order valence-corrected chi connectivity index (χ3v) is 3.31. The Morgan fingerprint density at radius 1 is 0.731 bits per heavy atom. The highest BCUT2D eigenvalue weighted by Gasteiger charge is 2.12.